The summed E-state index contributed by atoms with van der Waals surface area (Å²) in [7, 11) is -1.80. The van der Waals surface area contributed by atoms with Crippen LogP contribution in [0.15, 0.2) is 18.2 Å². The highest BCUT2D eigenvalue weighted by Crippen LogP contribution is 2.37. The number of carbonyl (C=O) groups excluding carboxylic acids is 1. The normalized spacial score (nSPS) is 13.2. The molecule has 8 heteroatoms. The summed E-state index contributed by atoms with van der Waals surface area (Å²) in [6.45, 7) is 11.9. The van der Waals surface area contributed by atoms with E-state index in [0.29, 0.717) is 12.9 Å². The van der Waals surface area contributed by atoms with E-state index in [-0.39, 0.29) is 11.6 Å². The molecule has 1 amide bonds. The zero-order valence-corrected chi connectivity index (χ0v) is 18.5. The van der Waals surface area contributed by atoms with Crippen molar-refractivity contribution in [3.05, 3.63) is 27.3 Å². The number of halogens is 1. The van der Waals surface area contributed by atoms with E-state index in [4.69, 9.17) is 9.53 Å². The van der Waals surface area contributed by atoms with Gasteiger partial charge in [-0.15, -0.1) is 0 Å². The summed E-state index contributed by atoms with van der Waals surface area (Å²) in [6.07, 6.45) is -0.639. The van der Waals surface area contributed by atoms with Gasteiger partial charge in [-0.2, -0.15) is 0 Å². The van der Waals surface area contributed by atoms with E-state index in [2.05, 4.69) is 67.1 Å². The first kappa shape index (κ1) is 21.9. The number of hydrogen-bond donors (Lipinski definition) is 3. The molecule has 1 unspecified atom stereocenters. The quantitative estimate of drug-likeness (QED) is 0.298. The van der Waals surface area contributed by atoms with Crippen LogP contribution in [0.5, 0.6) is 0 Å². The van der Waals surface area contributed by atoms with Crippen LogP contribution in [-0.2, 0) is 15.8 Å². The van der Waals surface area contributed by atoms with Gasteiger partial charge in [0.1, 0.15) is 12.3 Å². The van der Waals surface area contributed by atoms with Crippen molar-refractivity contribution in [2.45, 2.75) is 51.6 Å². The van der Waals surface area contributed by atoms with Crippen molar-refractivity contribution in [3.63, 3.8) is 0 Å². The Labute approximate surface area is 164 Å². The Balaban J connectivity index is 2.68. The van der Waals surface area contributed by atoms with Crippen LogP contribution in [0, 0.1) is 3.57 Å². The van der Waals surface area contributed by atoms with Crippen molar-refractivity contribution in [3.8, 4) is 0 Å². The first-order chi connectivity index (χ1) is 11.5. The number of anilines is 1. The van der Waals surface area contributed by atoms with Gasteiger partial charge in [-0.05, 0) is 58.4 Å². The number of nitrogens with one attached hydrogen (secondary N) is 2. The van der Waals surface area contributed by atoms with Gasteiger partial charge in [-0.3, -0.25) is 0 Å². The summed E-state index contributed by atoms with van der Waals surface area (Å²) in [4.78, 5) is 21.5. The summed E-state index contributed by atoms with van der Waals surface area (Å²) in [5, 5.41) is 14.0. The minimum atomic E-state index is -1.80. The lowest BCUT2D eigenvalue weighted by Gasteiger charge is -2.36. The average Bonchev–Trinajstić information content (AvgIpc) is 2.49. The monoisotopic (exact) mass is 478 g/mol. The Bertz CT molecular complexity index is 617. The predicted molar refractivity (Wildman–Crippen MR) is 111 cm³/mol. The molecule has 0 aliphatic carbocycles. The minimum Gasteiger partial charge on any atom is -0.465 e. The molecule has 0 bridgehead atoms. The number of benzene rings is 1. The van der Waals surface area contributed by atoms with Gasteiger partial charge in [0.15, 0.2) is 8.32 Å². The highest BCUT2D eigenvalue weighted by atomic mass is 127. The molecule has 140 valence electrons. The van der Waals surface area contributed by atoms with E-state index >= 15 is 0 Å². The second-order valence-electron chi connectivity index (χ2n) is 7.43. The van der Waals surface area contributed by atoms with Crippen molar-refractivity contribution in [1.29, 1.82) is 0 Å². The van der Waals surface area contributed by atoms with Crippen LogP contribution in [0.3, 0.4) is 0 Å². The fourth-order valence-electron chi connectivity index (χ4n) is 1.77. The number of amides is 1. The van der Waals surface area contributed by atoms with Crippen LogP contribution in [0.1, 0.15) is 26.3 Å². The lowest BCUT2D eigenvalue weighted by Crippen LogP contribution is -2.40. The van der Waals surface area contributed by atoms with Gasteiger partial charge in [-0.25, -0.2) is 4.79 Å². The van der Waals surface area contributed by atoms with Crippen LogP contribution < -0.4 is 10.6 Å². The van der Waals surface area contributed by atoms with Gasteiger partial charge in [0.05, 0.1) is 6.61 Å². The number of aldehydes is 1. The third kappa shape index (κ3) is 6.94. The van der Waals surface area contributed by atoms with Crippen LogP contribution in [0.4, 0.5) is 10.5 Å². The lowest BCUT2D eigenvalue weighted by atomic mass is 10.2. The first-order valence-corrected chi connectivity index (χ1v) is 12.1. The second-order valence-corrected chi connectivity index (χ2v) is 13.4. The molecule has 0 aliphatic rings. The molecule has 0 heterocycles. The van der Waals surface area contributed by atoms with Crippen LogP contribution in [0.25, 0.3) is 0 Å². The third-order valence-electron chi connectivity index (χ3n) is 4.45. The van der Waals surface area contributed by atoms with E-state index < -0.39 is 20.5 Å². The Hall–Kier alpha value is -1.13. The summed E-state index contributed by atoms with van der Waals surface area (Å²) < 4.78 is 7.32. The SMILES string of the molecule is CC(C)(C)[Si](C)(C)OCc1ccc(NCC(C=O)NC(=O)O)cc1I. The fraction of sp³-hybridized carbons (Fsp3) is 0.529. The molecule has 1 aromatic carbocycles. The molecule has 25 heavy (non-hydrogen) atoms. The average molecular weight is 478 g/mol. The van der Waals surface area contributed by atoms with Gasteiger partial charge in [0, 0.05) is 15.8 Å². The molecule has 3 N–H and O–H groups in total. The van der Waals surface area contributed by atoms with E-state index in [1.165, 1.54) is 0 Å². The molecule has 1 aromatic rings. The lowest BCUT2D eigenvalue weighted by molar-refractivity contribution is -0.109. The summed E-state index contributed by atoms with van der Waals surface area (Å²) in [5.74, 6) is 0. The number of carboxylic acid groups (broad SMARTS) is 1. The Morgan fingerprint density at radius 1 is 1.40 bits per heavy atom. The molecule has 0 saturated heterocycles. The van der Waals surface area contributed by atoms with Gasteiger partial charge in [-0.1, -0.05) is 26.8 Å². The number of rotatable bonds is 8. The number of hydrogen-bond acceptors (Lipinski definition) is 4. The molecule has 1 rings (SSSR count). The Morgan fingerprint density at radius 2 is 2.04 bits per heavy atom. The van der Waals surface area contributed by atoms with Gasteiger partial charge in [0.25, 0.3) is 0 Å². The number of carbonyl (C=O) groups is 2. The van der Waals surface area contributed by atoms with Crippen LogP contribution in [-0.4, -0.2) is 38.4 Å². The van der Waals surface area contributed by atoms with Crippen LogP contribution >= 0.6 is 22.6 Å². The van der Waals surface area contributed by atoms with Crippen molar-refractivity contribution < 1.29 is 19.1 Å². The maximum absolute atomic E-state index is 10.9. The van der Waals surface area contributed by atoms with Crippen molar-refractivity contribution in [1.82, 2.24) is 5.32 Å². The molecule has 0 aromatic heterocycles. The molecule has 0 radical (unpaired) electrons. The maximum Gasteiger partial charge on any atom is 0.405 e. The highest BCUT2D eigenvalue weighted by Gasteiger charge is 2.37. The molecule has 1 atom stereocenters. The summed E-state index contributed by atoms with van der Waals surface area (Å²) in [6, 6.07) is 5.09. The molecule has 0 fully saturated rings. The van der Waals surface area contributed by atoms with Gasteiger partial charge >= 0.3 is 6.09 Å². The Kier molecular flexibility index (Phi) is 7.88. The zero-order chi connectivity index (χ0) is 19.3. The molecule has 6 nitrogen and oxygen atoms in total. The zero-order valence-electron chi connectivity index (χ0n) is 15.4. The summed E-state index contributed by atoms with van der Waals surface area (Å²) >= 11 is 2.26. The van der Waals surface area contributed by atoms with Crippen molar-refractivity contribution in [2.24, 2.45) is 0 Å². The molecule has 0 aliphatic heterocycles. The molecule has 0 saturated carbocycles. The predicted octanol–water partition coefficient (Wildman–Crippen LogP) is 4.06. The fourth-order valence-corrected chi connectivity index (χ4v) is 3.39. The highest BCUT2D eigenvalue weighted by molar-refractivity contribution is 14.1. The smallest absolute Gasteiger partial charge is 0.405 e. The van der Waals surface area contributed by atoms with Gasteiger partial charge in [0.2, 0.25) is 0 Å². The van der Waals surface area contributed by atoms with Crippen molar-refractivity contribution in [2.75, 3.05) is 11.9 Å². The van der Waals surface area contributed by atoms with Gasteiger partial charge < -0.3 is 25.0 Å². The topological polar surface area (TPSA) is 87.7 Å². The van der Waals surface area contributed by atoms with E-state index in [1.54, 1.807) is 0 Å². The van der Waals surface area contributed by atoms with E-state index in [9.17, 15) is 9.59 Å². The molecular weight excluding hydrogens is 451 g/mol. The van der Waals surface area contributed by atoms with Crippen molar-refractivity contribution >= 4 is 49.0 Å². The third-order valence-corrected chi connectivity index (χ3v) is 9.93. The van der Waals surface area contributed by atoms with Crippen LogP contribution in [0.2, 0.25) is 18.1 Å². The minimum absolute atomic E-state index is 0.168. The Morgan fingerprint density at radius 3 is 2.52 bits per heavy atom. The standard InChI is InChI=1S/C17H27IN2O4Si/c1-17(2,3)25(4,5)24-11-12-6-7-13(8-15(12)18)19-9-14(10-21)20-16(22)23/h6-8,10,14,19-20H,9,11H2,1-5H3,(H,22,23). The second kappa shape index (κ2) is 8.99. The maximum atomic E-state index is 10.9. The van der Waals surface area contributed by atoms with E-state index in [0.717, 1.165) is 14.8 Å². The first-order valence-electron chi connectivity index (χ1n) is 8.07. The molecular formula is C17H27IN2O4Si. The largest absolute Gasteiger partial charge is 0.465 e. The van der Waals surface area contributed by atoms with E-state index in [1.807, 2.05) is 18.2 Å². The molecule has 0 spiro atoms. The summed E-state index contributed by atoms with van der Waals surface area (Å²) in [5.41, 5.74) is 1.95.